The molecule has 9 heteroatoms. The Balaban J connectivity index is 3.35. The molecule has 0 heterocycles. The maximum absolute atomic E-state index is 13.7. The zero-order chi connectivity index (χ0) is 17.4. The summed E-state index contributed by atoms with van der Waals surface area (Å²) in [5.41, 5.74) is -1.46. The molecule has 1 aromatic carbocycles. The molecule has 126 valence electrons. The number of hydrogen-bond acceptors (Lipinski definition) is 0. The first-order valence-corrected chi connectivity index (χ1v) is 6.08. The van der Waals surface area contributed by atoms with Crippen molar-refractivity contribution in [2.24, 2.45) is 0 Å². The molecule has 0 atom stereocenters. The maximum atomic E-state index is 13.7. The predicted molar refractivity (Wildman–Crippen MR) is 60.3 cm³/mol. The summed E-state index contributed by atoms with van der Waals surface area (Å²) in [5, 5.41) is 0. The number of halogens is 9. The van der Waals surface area contributed by atoms with E-state index in [4.69, 9.17) is 0 Å². The SMILES string of the molecule is CCCc1cccc(C(F)(F)C(F)(F)C(F)(F)C(F)(F)F)c1. The molecule has 0 unspecified atom stereocenters. The highest BCUT2D eigenvalue weighted by Gasteiger charge is 2.81. The molecule has 1 aromatic rings. The van der Waals surface area contributed by atoms with Gasteiger partial charge in [-0.1, -0.05) is 31.5 Å². The second-order valence-electron chi connectivity index (χ2n) is 4.67. The highest BCUT2D eigenvalue weighted by Crippen LogP contribution is 2.56. The Labute approximate surface area is 119 Å². The minimum Gasteiger partial charge on any atom is -0.194 e. The highest BCUT2D eigenvalue weighted by atomic mass is 19.4. The van der Waals surface area contributed by atoms with Crippen molar-refractivity contribution in [1.29, 1.82) is 0 Å². The Morgan fingerprint density at radius 2 is 1.36 bits per heavy atom. The summed E-state index contributed by atoms with van der Waals surface area (Å²) in [7, 11) is 0. The largest absolute Gasteiger partial charge is 0.460 e. The van der Waals surface area contributed by atoms with Gasteiger partial charge < -0.3 is 0 Å². The number of aryl methyl sites for hydroxylation is 1. The van der Waals surface area contributed by atoms with E-state index in [9.17, 15) is 39.5 Å². The van der Waals surface area contributed by atoms with Gasteiger partial charge in [-0.25, -0.2) is 0 Å². The molecule has 0 bridgehead atoms. The van der Waals surface area contributed by atoms with Gasteiger partial charge in [0.15, 0.2) is 0 Å². The average Bonchev–Trinajstić information content (AvgIpc) is 2.37. The molecular weight excluding hydrogens is 327 g/mol. The van der Waals surface area contributed by atoms with Gasteiger partial charge in [-0.05, 0) is 18.1 Å². The molecule has 0 spiro atoms. The maximum Gasteiger partial charge on any atom is 0.460 e. The first-order valence-electron chi connectivity index (χ1n) is 6.08. The van der Waals surface area contributed by atoms with Gasteiger partial charge in [0.25, 0.3) is 0 Å². The van der Waals surface area contributed by atoms with E-state index >= 15 is 0 Å². The number of hydrogen-bond donors (Lipinski definition) is 0. The molecule has 0 aromatic heterocycles. The van der Waals surface area contributed by atoms with Crippen LogP contribution in [-0.4, -0.2) is 18.0 Å². The third kappa shape index (κ3) is 2.89. The lowest BCUT2D eigenvalue weighted by atomic mass is 9.95. The first kappa shape index (κ1) is 18.6. The lowest BCUT2D eigenvalue weighted by Crippen LogP contribution is -2.59. The quantitative estimate of drug-likeness (QED) is 0.616. The van der Waals surface area contributed by atoms with Gasteiger partial charge in [-0.2, -0.15) is 39.5 Å². The van der Waals surface area contributed by atoms with Crippen LogP contribution in [0.25, 0.3) is 0 Å². The fraction of sp³-hybridized carbons (Fsp3) is 0.538. The molecule has 0 aliphatic rings. The van der Waals surface area contributed by atoms with E-state index in [0.717, 1.165) is 6.07 Å². The fourth-order valence-corrected chi connectivity index (χ4v) is 1.77. The van der Waals surface area contributed by atoms with Crippen molar-refractivity contribution in [3.8, 4) is 0 Å². The Hall–Kier alpha value is -1.41. The van der Waals surface area contributed by atoms with E-state index in [0.29, 0.717) is 18.6 Å². The van der Waals surface area contributed by atoms with E-state index in [2.05, 4.69) is 0 Å². The van der Waals surface area contributed by atoms with E-state index in [1.807, 2.05) is 0 Å². The molecule has 0 saturated carbocycles. The Kier molecular flexibility index (Phi) is 4.79. The Morgan fingerprint density at radius 3 is 1.82 bits per heavy atom. The summed E-state index contributed by atoms with van der Waals surface area (Å²) < 4.78 is 115. The van der Waals surface area contributed by atoms with Crippen LogP contribution in [0.15, 0.2) is 24.3 Å². The highest BCUT2D eigenvalue weighted by molar-refractivity contribution is 5.29. The summed E-state index contributed by atoms with van der Waals surface area (Å²) in [6.45, 7) is 1.65. The molecule has 0 amide bonds. The van der Waals surface area contributed by atoms with Gasteiger partial charge in [0.05, 0.1) is 0 Å². The number of benzene rings is 1. The van der Waals surface area contributed by atoms with Crippen LogP contribution < -0.4 is 0 Å². The molecular formula is C13H11F9. The van der Waals surface area contributed by atoms with Gasteiger partial charge >= 0.3 is 23.9 Å². The van der Waals surface area contributed by atoms with Crippen molar-refractivity contribution in [1.82, 2.24) is 0 Å². The van der Waals surface area contributed by atoms with Crippen LogP contribution in [-0.2, 0) is 12.3 Å². The first-order chi connectivity index (χ1) is 9.79. The summed E-state index contributed by atoms with van der Waals surface area (Å²) in [6.07, 6.45) is -6.17. The zero-order valence-electron chi connectivity index (χ0n) is 11.1. The van der Waals surface area contributed by atoms with Crippen molar-refractivity contribution in [2.75, 3.05) is 0 Å². The zero-order valence-corrected chi connectivity index (χ0v) is 11.1. The van der Waals surface area contributed by atoms with Crippen LogP contribution in [0.2, 0.25) is 0 Å². The van der Waals surface area contributed by atoms with Crippen LogP contribution in [0, 0.1) is 0 Å². The van der Waals surface area contributed by atoms with Crippen LogP contribution in [0.5, 0.6) is 0 Å². The minimum atomic E-state index is -6.87. The number of rotatable bonds is 5. The summed E-state index contributed by atoms with van der Waals surface area (Å²) in [6, 6.07) is 3.07. The Bertz CT molecular complexity index is 516. The predicted octanol–water partition coefficient (Wildman–Crippen LogP) is 5.56. The smallest absolute Gasteiger partial charge is 0.194 e. The van der Waals surface area contributed by atoms with Gasteiger partial charge in [0.2, 0.25) is 0 Å². The van der Waals surface area contributed by atoms with Crippen molar-refractivity contribution >= 4 is 0 Å². The Morgan fingerprint density at radius 1 is 0.818 bits per heavy atom. The van der Waals surface area contributed by atoms with Gasteiger partial charge in [0, 0.05) is 5.56 Å². The summed E-state index contributed by atoms with van der Waals surface area (Å²) >= 11 is 0. The van der Waals surface area contributed by atoms with E-state index in [1.165, 1.54) is 6.07 Å². The third-order valence-corrected chi connectivity index (χ3v) is 2.97. The average molecular weight is 338 g/mol. The molecule has 22 heavy (non-hydrogen) atoms. The van der Waals surface area contributed by atoms with E-state index in [-0.39, 0.29) is 12.0 Å². The standard InChI is InChI=1S/C13H11F9/c1-2-4-8-5-3-6-9(7-8)10(14,15)11(16,17)12(18,19)13(20,21)22/h3,5-7H,2,4H2,1H3. The molecule has 0 fully saturated rings. The van der Waals surface area contributed by atoms with Gasteiger partial charge in [0.1, 0.15) is 0 Å². The fourth-order valence-electron chi connectivity index (χ4n) is 1.77. The second-order valence-corrected chi connectivity index (χ2v) is 4.67. The van der Waals surface area contributed by atoms with Crippen molar-refractivity contribution in [3.63, 3.8) is 0 Å². The second kappa shape index (κ2) is 5.66. The normalized spacial score (nSPS) is 14.3. The molecule has 1 rings (SSSR count). The molecule has 0 saturated heterocycles. The summed E-state index contributed by atoms with van der Waals surface area (Å²) in [4.78, 5) is 0. The summed E-state index contributed by atoms with van der Waals surface area (Å²) in [5.74, 6) is -19.2. The van der Waals surface area contributed by atoms with E-state index in [1.54, 1.807) is 6.92 Å². The van der Waals surface area contributed by atoms with Crippen LogP contribution >= 0.6 is 0 Å². The molecule has 0 N–H and O–H groups in total. The molecule has 0 radical (unpaired) electrons. The molecule has 0 nitrogen and oxygen atoms in total. The van der Waals surface area contributed by atoms with Crippen LogP contribution in [0.3, 0.4) is 0 Å². The van der Waals surface area contributed by atoms with Crippen molar-refractivity contribution in [2.45, 2.75) is 43.7 Å². The monoisotopic (exact) mass is 338 g/mol. The third-order valence-electron chi connectivity index (χ3n) is 2.97. The lowest BCUT2D eigenvalue weighted by Gasteiger charge is -2.33. The van der Waals surface area contributed by atoms with Crippen LogP contribution in [0.1, 0.15) is 24.5 Å². The van der Waals surface area contributed by atoms with Crippen molar-refractivity contribution < 1.29 is 39.5 Å². The molecule has 0 aliphatic heterocycles. The van der Waals surface area contributed by atoms with Gasteiger partial charge in [-0.15, -0.1) is 0 Å². The lowest BCUT2D eigenvalue weighted by molar-refractivity contribution is -0.399. The molecule has 0 aliphatic carbocycles. The number of alkyl halides is 9. The topological polar surface area (TPSA) is 0 Å². The van der Waals surface area contributed by atoms with E-state index < -0.39 is 29.5 Å². The van der Waals surface area contributed by atoms with Crippen LogP contribution in [0.4, 0.5) is 39.5 Å². The minimum absolute atomic E-state index is 0.130. The van der Waals surface area contributed by atoms with Gasteiger partial charge in [-0.3, -0.25) is 0 Å². The van der Waals surface area contributed by atoms with Crippen molar-refractivity contribution in [3.05, 3.63) is 35.4 Å².